The number of allylic oxidation sites excluding steroid dienone is 1. The average Bonchev–Trinajstić information content (AvgIpc) is 2.50. The van der Waals surface area contributed by atoms with Gasteiger partial charge >= 0.3 is 34.9 Å². The van der Waals surface area contributed by atoms with E-state index in [-0.39, 0.29) is 0 Å². The molecule has 0 saturated carbocycles. The molecule has 168 valence electrons. The third-order valence-electron chi connectivity index (χ3n) is 3.24. The summed E-state index contributed by atoms with van der Waals surface area (Å²) in [4.78, 5) is 0. The first kappa shape index (κ1) is 26.9. The van der Waals surface area contributed by atoms with Crippen molar-refractivity contribution < 1.29 is 70.2 Å². The van der Waals surface area contributed by atoms with Crippen LogP contribution in [0.15, 0.2) is 11.9 Å². The predicted octanol–water partition coefficient (Wildman–Crippen LogP) is 6.84. The topological polar surface area (TPSA) is 0 Å². The zero-order valence-corrected chi connectivity index (χ0v) is 13.2. The summed E-state index contributed by atoms with van der Waals surface area (Å²) in [7, 11) is 0. The van der Waals surface area contributed by atoms with Crippen LogP contribution in [0.2, 0.25) is 0 Å². The molecule has 0 aromatic rings. The maximum atomic E-state index is 13.9. The van der Waals surface area contributed by atoms with Crippen molar-refractivity contribution in [1.29, 1.82) is 0 Å². The lowest BCUT2D eigenvalue weighted by atomic mass is 9.81. The Hall–Kier alpha value is -1.09. The molecule has 0 fully saturated rings. The van der Waals surface area contributed by atoms with E-state index in [1.54, 1.807) is 0 Å². The minimum absolute atomic E-state index is 2.42. The lowest BCUT2D eigenvalue weighted by Crippen LogP contribution is -2.74. The Labute approximate surface area is 149 Å². The molecule has 0 aromatic carbocycles. The van der Waals surface area contributed by atoms with Gasteiger partial charge in [0.1, 0.15) is 0 Å². The van der Waals surface area contributed by atoms with Gasteiger partial charge in [-0.3, -0.25) is 4.39 Å². The summed E-state index contributed by atoms with van der Waals surface area (Å²) in [5, 5.41) is -6.73. The molecule has 0 aliphatic carbocycles. The largest absolute Gasteiger partial charge is 0.434 e. The highest BCUT2D eigenvalue weighted by atomic mass is 35.5. The van der Waals surface area contributed by atoms with E-state index < -0.39 is 65.9 Å². The molecule has 0 bridgehead atoms. The van der Waals surface area contributed by atoms with Gasteiger partial charge in [0, 0.05) is 6.42 Å². The van der Waals surface area contributed by atoms with Gasteiger partial charge in [0.15, 0.2) is 0 Å². The quantitative estimate of drug-likeness (QED) is 0.266. The van der Waals surface area contributed by atoms with E-state index in [0.29, 0.717) is 0 Å². The third-order valence-corrected chi connectivity index (χ3v) is 3.64. The van der Waals surface area contributed by atoms with Gasteiger partial charge in [0.2, 0.25) is 12.0 Å². The van der Waals surface area contributed by atoms with E-state index in [4.69, 9.17) is 0 Å². The van der Waals surface area contributed by atoms with Gasteiger partial charge < -0.3 is 0 Å². The zero-order chi connectivity index (χ0) is 23.1. The van der Waals surface area contributed by atoms with Gasteiger partial charge in [-0.1, -0.05) is 11.6 Å². The lowest BCUT2D eigenvalue weighted by Gasteiger charge is -2.44. The molecule has 0 rings (SSSR count). The summed E-state index contributed by atoms with van der Waals surface area (Å²) in [5.41, 5.74) is -8.10. The molecule has 0 N–H and O–H groups in total. The lowest BCUT2D eigenvalue weighted by molar-refractivity contribution is -0.396. The van der Waals surface area contributed by atoms with Crippen LogP contribution in [0.5, 0.6) is 0 Å². The highest BCUT2D eigenvalue weighted by Crippen LogP contribution is 2.63. The second-order valence-electron chi connectivity index (χ2n) is 5.06. The van der Waals surface area contributed by atoms with Gasteiger partial charge in [-0.15, -0.1) is 0 Å². The van der Waals surface area contributed by atoms with Crippen LogP contribution in [-0.4, -0.2) is 47.6 Å². The van der Waals surface area contributed by atoms with Crippen LogP contribution in [0.3, 0.4) is 0 Å². The normalized spacial score (nSPS) is 19.6. The third kappa shape index (κ3) is 3.84. The van der Waals surface area contributed by atoms with Crippen molar-refractivity contribution in [3.05, 3.63) is 11.9 Å². The van der Waals surface area contributed by atoms with Gasteiger partial charge in [0.25, 0.3) is 5.92 Å². The average molecular weight is 477 g/mol. The molecule has 3 atom stereocenters. The van der Waals surface area contributed by atoms with Crippen LogP contribution < -0.4 is 0 Å². The van der Waals surface area contributed by atoms with Crippen molar-refractivity contribution in [2.75, 3.05) is 6.67 Å². The standard InChI is InChI=1S/C11H5ClF16/c12-7(20,3(14)4(15)16)10(24,25)9(23,11(26,27)28)8(21,22)5(17)6(18,19)1-2-13/h5H,1-2H2. The fraction of sp³-hybridized carbons (Fsp3) is 0.818. The maximum absolute atomic E-state index is 13.9. The number of hydrogen-bond acceptors (Lipinski definition) is 0. The monoisotopic (exact) mass is 476 g/mol. The molecule has 0 aromatic heterocycles. The Morgan fingerprint density at radius 1 is 0.786 bits per heavy atom. The number of alkyl halides is 14. The summed E-state index contributed by atoms with van der Waals surface area (Å²) in [6.07, 6.45) is -20.7. The summed E-state index contributed by atoms with van der Waals surface area (Å²) >= 11 is 3.78. The Bertz CT molecular complexity index is 588. The van der Waals surface area contributed by atoms with Gasteiger partial charge in [-0.2, -0.15) is 39.5 Å². The molecule has 0 aliphatic rings. The van der Waals surface area contributed by atoms with Crippen molar-refractivity contribution >= 4 is 11.6 Å². The van der Waals surface area contributed by atoms with Crippen molar-refractivity contribution in [3.8, 4) is 0 Å². The maximum Gasteiger partial charge on any atom is 0.434 e. The van der Waals surface area contributed by atoms with Crippen LogP contribution in [-0.2, 0) is 0 Å². The van der Waals surface area contributed by atoms with E-state index in [1.165, 1.54) is 0 Å². The Balaban J connectivity index is 6.93. The second-order valence-corrected chi connectivity index (χ2v) is 5.59. The van der Waals surface area contributed by atoms with Crippen LogP contribution in [0, 0.1) is 0 Å². The van der Waals surface area contributed by atoms with Crippen LogP contribution in [0.1, 0.15) is 6.42 Å². The Morgan fingerprint density at radius 2 is 1.18 bits per heavy atom. The molecule has 0 aliphatic heterocycles. The van der Waals surface area contributed by atoms with Gasteiger partial charge in [-0.25, -0.2) is 26.3 Å². The molecule has 17 heteroatoms. The molecule has 0 heterocycles. The number of hydrogen-bond donors (Lipinski definition) is 0. The number of rotatable bonds is 8. The van der Waals surface area contributed by atoms with E-state index in [0.717, 1.165) is 0 Å². The van der Waals surface area contributed by atoms with E-state index in [9.17, 15) is 70.2 Å². The molecule has 0 amide bonds. The van der Waals surface area contributed by atoms with Crippen LogP contribution >= 0.6 is 11.6 Å². The molecule has 28 heavy (non-hydrogen) atoms. The van der Waals surface area contributed by atoms with Crippen molar-refractivity contribution in [2.24, 2.45) is 0 Å². The first-order valence-electron chi connectivity index (χ1n) is 6.25. The summed E-state index contributed by atoms with van der Waals surface area (Å²) < 4.78 is 207. The molecular weight excluding hydrogens is 472 g/mol. The Morgan fingerprint density at radius 3 is 1.46 bits per heavy atom. The highest BCUT2D eigenvalue weighted by Gasteiger charge is 2.91. The second kappa shape index (κ2) is 7.63. The first-order valence-corrected chi connectivity index (χ1v) is 6.63. The predicted molar refractivity (Wildman–Crippen MR) is 60.3 cm³/mol. The van der Waals surface area contributed by atoms with Crippen molar-refractivity contribution in [1.82, 2.24) is 0 Å². The molecule has 0 saturated heterocycles. The summed E-state index contributed by atoms with van der Waals surface area (Å²) in [5.74, 6) is -25.9. The fourth-order valence-electron chi connectivity index (χ4n) is 1.74. The zero-order valence-electron chi connectivity index (χ0n) is 12.4. The van der Waals surface area contributed by atoms with Crippen molar-refractivity contribution in [3.63, 3.8) is 0 Å². The highest BCUT2D eigenvalue weighted by molar-refractivity contribution is 6.25. The summed E-state index contributed by atoms with van der Waals surface area (Å²) in [6.45, 7) is -2.42. The molecule has 0 spiro atoms. The van der Waals surface area contributed by atoms with Crippen LogP contribution in [0.25, 0.3) is 0 Å². The SMILES string of the molecule is FCCC(F)(F)C(F)C(F)(F)C(F)(C(F)(F)F)C(F)(F)C(F)(Cl)C(F)=C(F)F. The molecule has 0 nitrogen and oxygen atoms in total. The molecule has 0 radical (unpaired) electrons. The minimum atomic E-state index is -8.10. The smallest absolute Gasteiger partial charge is 0.251 e. The minimum Gasteiger partial charge on any atom is -0.251 e. The van der Waals surface area contributed by atoms with E-state index in [2.05, 4.69) is 11.6 Å². The van der Waals surface area contributed by atoms with Gasteiger partial charge in [0.05, 0.1) is 6.67 Å². The first-order chi connectivity index (χ1) is 12.1. The molecule has 3 unspecified atom stereocenters. The van der Waals surface area contributed by atoms with Crippen molar-refractivity contribution in [2.45, 2.75) is 47.3 Å². The van der Waals surface area contributed by atoms with E-state index in [1.807, 2.05) is 0 Å². The Kier molecular flexibility index (Phi) is 7.33. The summed E-state index contributed by atoms with van der Waals surface area (Å²) in [6, 6.07) is 0. The molecular formula is C11H5ClF16. The fourth-order valence-corrected chi connectivity index (χ4v) is 1.94. The van der Waals surface area contributed by atoms with Gasteiger partial charge in [-0.05, 0) is 0 Å². The van der Waals surface area contributed by atoms with Crippen LogP contribution in [0.4, 0.5) is 70.2 Å². The van der Waals surface area contributed by atoms with E-state index >= 15 is 0 Å². The number of halogens is 17.